The Hall–Kier alpha value is -1.98. The number of nitrogens with one attached hydrogen (secondary N) is 1. The zero-order valence-electron chi connectivity index (χ0n) is 12.4. The number of amides is 2. The maximum atomic E-state index is 14.0. The second-order valence-corrected chi connectivity index (χ2v) is 6.29. The molecule has 6 heteroatoms. The highest BCUT2D eigenvalue weighted by Gasteiger charge is 2.44. The summed E-state index contributed by atoms with van der Waals surface area (Å²) in [6.07, 6.45) is 0. The quantitative estimate of drug-likeness (QED) is 0.864. The van der Waals surface area contributed by atoms with Gasteiger partial charge < -0.3 is 5.32 Å². The molecule has 0 saturated carbocycles. The van der Waals surface area contributed by atoms with Crippen molar-refractivity contribution in [3.05, 3.63) is 29.8 Å². The van der Waals surface area contributed by atoms with E-state index in [0.717, 1.165) is 11.0 Å². The van der Waals surface area contributed by atoms with E-state index in [4.69, 9.17) is 0 Å². The fourth-order valence-electron chi connectivity index (χ4n) is 2.36. The molecule has 1 N–H and O–H groups in total. The standard InChI is InChI=1S/C15H18F2N2O2/c1-8-13(20)18-12(15(2,3)4)14(21)19(8)11-6-5-9(16)7-10(11)17/h5-8,12H,1-4H3,(H,18,20). The monoisotopic (exact) mass is 296 g/mol. The Morgan fingerprint density at radius 1 is 1.19 bits per heavy atom. The minimum absolute atomic E-state index is 0.0852. The number of anilines is 1. The SMILES string of the molecule is CC1C(=O)NC(C(C)(C)C)C(=O)N1c1ccc(F)cc1F. The molecule has 4 nitrogen and oxygen atoms in total. The third-order valence-electron chi connectivity index (χ3n) is 3.57. The number of hydrogen-bond acceptors (Lipinski definition) is 2. The van der Waals surface area contributed by atoms with E-state index >= 15 is 0 Å². The normalized spacial score (nSPS) is 23.2. The average molecular weight is 296 g/mol. The van der Waals surface area contributed by atoms with Crippen molar-refractivity contribution in [2.24, 2.45) is 5.41 Å². The molecule has 114 valence electrons. The van der Waals surface area contributed by atoms with Gasteiger partial charge in [-0.2, -0.15) is 0 Å². The Morgan fingerprint density at radius 2 is 1.81 bits per heavy atom. The lowest BCUT2D eigenvalue weighted by molar-refractivity contribution is -0.136. The summed E-state index contributed by atoms with van der Waals surface area (Å²) in [7, 11) is 0. The van der Waals surface area contributed by atoms with Crippen LogP contribution in [-0.4, -0.2) is 23.9 Å². The molecule has 2 atom stereocenters. The lowest BCUT2D eigenvalue weighted by Gasteiger charge is -2.42. The minimum atomic E-state index is -0.863. The molecule has 1 aromatic rings. The largest absolute Gasteiger partial charge is 0.342 e. The van der Waals surface area contributed by atoms with Crippen LogP contribution in [0.2, 0.25) is 0 Å². The van der Waals surface area contributed by atoms with E-state index in [0.29, 0.717) is 6.07 Å². The summed E-state index contributed by atoms with van der Waals surface area (Å²) >= 11 is 0. The van der Waals surface area contributed by atoms with Gasteiger partial charge in [-0.05, 0) is 24.5 Å². The Morgan fingerprint density at radius 3 is 2.33 bits per heavy atom. The van der Waals surface area contributed by atoms with Crippen LogP contribution in [-0.2, 0) is 9.59 Å². The van der Waals surface area contributed by atoms with Gasteiger partial charge in [0.25, 0.3) is 5.91 Å². The van der Waals surface area contributed by atoms with Gasteiger partial charge >= 0.3 is 0 Å². The summed E-state index contributed by atoms with van der Waals surface area (Å²) in [6.45, 7) is 6.94. The number of carbonyl (C=O) groups is 2. The maximum absolute atomic E-state index is 14.0. The summed E-state index contributed by atoms with van der Waals surface area (Å²) in [5.41, 5.74) is -0.597. The van der Waals surface area contributed by atoms with Gasteiger partial charge in [-0.3, -0.25) is 14.5 Å². The molecular weight excluding hydrogens is 278 g/mol. The third kappa shape index (κ3) is 2.75. The second kappa shape index (κ2) is 5.09. The predicted octanol–water partition coefficient (Wildman–Crippen LogP) is 2.23. The molecule has 1 saturated heterocycles. The fourth-order valence-corrected chi connectivity index (χ4v) is 2.36. The van der Waals surface area contributed by atoms with Gasteiger partial charge in [-0.15, -0.1) is 0 Å². The molecule has 0 radical (unpaired) electrons. The summed E-state index contributed by atoms with van der Waals surface area (Å²) in [4.78, 5) is 25.8. The van der Waals surface area contributed by atoms with E-state index in [1.807, 2.05) is 20.8 Å². The van der Waals surface area contributed by atoms with Crippen LogP contribution in [0, 0.1) is 17.0 Å². The molecule has 1 aromatic carbocycles. The van der Waals surface area contributed by atoms with Crippen LogP contribution in [0.1, 0.15) is 27.7 Å². The summed E-state index contributed by atoms with van der Waals surface area (Å²) in [5.74, 6) is -2.36. The zero-order valence-corrected chi connectivity index (χ0v) is 12.4. The van der Waals surface area contributed by atoms with Crippen molar-refractivity contribution in [1.29, 1.82) is 0 Å². The molecule has 2 rings (SSSR count). The van der Waals surface area contributed by atoms with E-state index in [-0.39, 0.29) is 11.6 Å². The van der Waals surface area contributed by atoms with Crippen LogP contribution in [0.3, 0.4) is 0 Å². The van der Waals surface area contributed by atoms with Crippen molar-refractivity contribution in [3.8, 4) is 0 Å². The van der Waals surface area contributed by atoms with Crippen LogP contribution in [0.4, 0.5) is 14.5 Å². The van der Waals surface area contributed by atoms with Crippen molar-refractivity contribution in [1.82, 2.24) is 5.32 Å². The van der Waals surface area contributed by atoms with E-state index in [9.17, 15) is 18.4 Å². The zero-order chi connectivity index (χ0) is 15.9. The molecule has 21 heavy (non-hydrogen) atoms. The molecule has 1 heterocycles. The van der Waals surface area contributed by atoms with Crippen molar-refractivity contribution in [3.63, 3.8) is 0 Å². The van der Waals surface area contributed by atoms with E-state index in [1.54, 1.807) is 0 Å². The summed E-state index contributed by atoms with van der Waals surface area (Å²) in [5, 5.41) is 2.66. The first-order valence-corrected chi connectivity index (χ1v) is 6.71. The van der Waals surface area contributed by atoms with Gasteiger partial charge in [-0.25, -0.2) is 8.78 Å². The number of carbonyl (C=O) groups excluding carboxylic acids is 2. The first-order valence-electron chi connectivity index (χ1n) is 6.71. The van der Waals surface area contributed by atoms with Gasteiger partial charge in [0, 0.05) is 6.07 Å². The van der Waals surface area contributed by atoms with Crippen molar-refractivity contribution >= 4 is 17.5 Å². The Bertz CT molecular complexity index is 596. The third-order valence-corrected chi connectivity index (χ3v) is 3.57. The van der Waals surface area contributed by atoms with Gasteiger partial charge in [0.2, 0.25) is 5.91 Å². The molecular formula is C15H18F2N2O2. The molecule has 0 bridgehead atoms. The van der Waals surface area contributed by atoms with Crippen molar-refractivity contribution in [2.45, 2.75) is 39.8 Å². The fraction of sp³-hybridized carbons (Fsp3) is 0.467. The van der Waals surface area contributed by atoms with Crippen LogP contribution in [0.25, 0.3) is 0 Å². The number of nitrogens with zero attached hydrogens (tertiary/aromatic N) is 1. The van der Waals surface area contributed by atoms with Gasteiger partial charge in [-0.1, -0.05) is 20.8 Å². The highest BCUT2D eigenvalue weighted by molar-refractivity contribution is 6.08. The first-order chi connectivity index (χ1) is 9.62. The minimum Gasteiger partial charge on any atom is -0.342 e. The van der Waals surface area contributed by atoms with Crippen LogP contribution < -0.4 is 10.2 Å². The van der Waals surface area contributed by atoms with Crippen LogP contribution in [0.15, 0.2) is 18.2 Å². The highest BCUT2D eigenvalue weighted by Crippen LogP contribution is 2.30. The molecule has 2 unspecified atom stereocenters. The number of piperazine rings is 1. The molecule has 0 aliphatic carbocycles. The predicted molar refractivity (Wildman–Crippen MR) is 74.7 cm³/mol. The summed E-state index contributed by atoms with van der Waals surface area (Å²) < 4.78 is 27.0. The number of rotatable bonds is 1. The lowest BCUT2D eigenvalue weighted by Crippen LogP contribution is -2.66. The first kappa shape index (κ1) is 15.4. The Kier molecular flexibility index (Phi) is 3.74. The van der Waals surface area contributed by atoms with Gasteiger partial charge in [0.15, 0.2) is 0 Å². The Labute approximate surface area is 122 Å². The van der Waals surface area contributed by atoms with Crippen molar-refractivity contribution in [2.75, 3.05) is 4.90 Å². The van der Waals surface area contributed by atoms with E-state index < -0.39 is 35.0 Å². The molecule has 0 aromatic heterocycles. The highest BCUT2D eigenvalue weighted by atomic mass is 19.1. The number of benzene rings is 1. The average Bonchev–Trinajstić information content (AvgIpc) is 2.35. The smallest absolute Gasteiger partial charge is 0.250 e. The molecule has 0 spiro atoms. The molecule has 1 aliphatic rings. The molecule has 1 fully saturated rings. The lowest BCUT2D eigenvalue weighted by atomic mass is 9.84. The van der Waals surface area contributed by atoms with Crippen molar-refractivity contribution < 1.29 is 18.4 Å². The van der Waals surface area contributed by atoms with Gasteiger partial charge in [0.05, 0.1) is 5.69 Å². The van der Waals surface area contributed by atoms with Gasteiger partial charge in [0.1, 0.15) is 23.7 Å². The second-order valence-electron chi connectivity index (χ2n) is 6.29. The molecule has 1 aliphatic heterocycles. The maximum Gasteiger partial charge on any atom is 0.250 e. The topological polar surface area (TPSA) is 49.4 Å². The molecule has 2 amide bonds. The number of hydrogen-bond donors (Lipinski definition) is 1. The van der Waals surface area contributed by atoms with Crippen LogP contribution in [0.5, 0.6) is 0 Å². The van der Waals surface area contributed by atoms with E-state index in [2.05, 4.69) is 5.32 Å². The number of halogens is 2. The van der Waals surface area contributed by atoms with Crippen LogP contribution >= 0.6 is 0 Å². The Balaban J connectivity index is 2.48. The van der Waals surface area contributed by atoms with E-state index in [1.165, 1.54) is 13.0 Å². The summed E-state index contributed by atoms with van der Waals surface area (Å²) in [6, 6.07) is 1.34.